The molecule has 49 heavy (non-hydrogen) atoms. The molecule has 1 aromatic heterocycles. The highest BCUT2D eigenvalue weighted by atomic mass is 16.6. The van der Waals surface area contributed by atoms with Crippen LogP contribution in [0.2, 0.25) is 0 Å². The van der Waals surface area contributed by atoms with Gasteiger partial charge >= 0.3 is 11.9 Å². The molecule has 2 N–H and O–H groups in total. The number of hydrogen-bond donors (Lipinski definition) is 2. The number of furan rings is 1. The van der Waals surface area contributed by atoms with Gasteiger partial charge in [0.25, 0.3) is 6.47 Å². The highest BCUT2D eigenvalue weighted by Gasteiger charge is 2.91. The summed E-state index contributed by atoms with van der Waals surface area (Å²) in [4.78, 5) is 53.6. The van der Waals surface area contributed by atoms with Gasteiger partial charge in [0.2, 0.25) is 0 Å². The van der Waals surface area contributed by atoms with E-state index in [1.165, 1.54) is 0 Å². The normalized spacial score (nSPS) is 43.3. The standard InChI is InChI=1S/C38H52O11/c1-10-20(4)28(42)33(44)48-31-29(46-18-39)30-35(7)13-11-24(40)34(5,6)23(35)16-25(47-32(43)27(41)19(2)3)37(30,9)38-26(49-38)15-22(36(31,38)8)21-12-14-45-17-21/h11-14,17-20,22-23,25-31,41-42H,10,15-16H2,1-9H3/t20?,22-,23?,25+,26+,27?,28?,29+,30?,31-,35-,36+,37+,38+/m0/s1. The minimum Gasteiger partial charge on any atom is -0.472 e. The number of ether oxygens (including phenoxy) is 4. The first-order chi connectivity index (χ1) is 22.9. The zero-order valence-corrected chi connectivity index (χ0v) is 30.0. The van der Waals surface area contributed by atoms with E-state index in [9.17, 15) is 29.4 Å². The van der Waals surface area contributed by atoms with Crippen LogP contribution >= 0.6 is 0 Å². The molecule has 4 fully saturated rings. The summed E-state index contributed by atoms with van der Waals surface area (Å²) in [7, 11) is 0. The van der Waals surface area contributed by atoms with Gasteiger partial charge in [-0.3, -0.25) is 9.59 Å². The maximum atomic E-state index is 13.9. The number of fused-ring (bicyclic) bond motifs is 3. The van der Waals surface area contributed by atoms with Crippen LogP contribution in [-0.4, -0.2) is 76.6 Å². The largest absolute Gasteiger partial charge is 0.472 e. The summed E-state index contributed by atoms with van der Waals surface area (Å²) in [6, 6.07) is 1.86. The van der Waals surface area contributed by atoms with Crippen LogP contribution < -0.4 is 0 Å². The van der Waals surface area contributed by atoms with Gasteiger partial charge in [-0.15, -0.1) is 0 Å². The first-order valence-corrected chi connectivity index (χ1v) is 17.7. The van der Waals surface area contributed by atoms with Crippen LogP contribution in [0.1, 0.15) is 93.1 Å². The van der Waals surface area contributed by atoms with Crippen molar-refractivity contribution in [2.24, 2.45) is 45.3 Å². The van der Waals surface area contributed by atoms with E-state index in [-0.39, 0.29) is 24.2 Å². The number of ketones is 1. The van der Waals surface area contributed by atoms with E-state index in [4.69, 9.17) is 23.4 Å². The van der Waals surface area contributed by atoms with Crippen molar-refractivity contribution in [1.29, 1.82) is 0 Å². The molecule has 4 aliphatic carbocycles. The van der Waals surface area contributed by atoms with Gasteiger partial charge in [0.1, 0.15) is 23.9 Å². The van der Waals surface area contributed by atoms with E-state index in [0.29, 0.717) is 19.3 Å². The lowest BCUT2D eigenvalue weighted by molar-refractivity contribution is -0.297. The number of rotatable bonds is 10. The molecule has 6 rings (SSSR count). The monoisotopic (exact) mass is 684 g/mol. The molecule has 0 bridgehead atoms. The van der Waals surface area contributed by atoms with Crippen molar-refractivity contribution < 1.29 is 52.8 Å². The zero-order chi connectivity index (χ0) is 36.1. The molecule has 1 aromatic rings. The Labute approximate surface area is 288 Å². The quantitative estimate of drug-likeness (QED) is 0.154. The zero-order valence-electron chi connectivity index (χ0n) is 30.0. The molecule has 0 aromatic carbocycles. The number of aliphatic hydroxyl groups excluding tert-OH is 2. The Bertz CT molecular complexity index is 1510. The molecule has 2 heterocycles. The molecule has 11 nitrogen and oxygen atoms in total. The van der Waals surface area contributed by atoms with Crippen molar-refractivity contribution in [3.8, 4) is 0 Å². The van der Waals surface area contributed by atoms with Crippen molar-refractivity contribution >= 4 is 24.2 Å². The predicted molar refractivity (Wildman–Crippen MR) is 175 cm³/mol. The van der Waals surface area contributed by atoms with Gasteiger partial charge in [0.15, 0.2) is 18.0 Å². The van der Waals surface area contributed by atoms with Crippen molar-refractivity contribution in [2.75, 3.05) is 0 Å². The Morgan fingerprint density at radius 2 is 1.69 bits per heavy atom. The number of hydrogen-bond acceptors (Lipinski definition) is 11. The molecule has 1 spiro atoms. The summed E-state index contributed by atoms with van der Waals surface area (Å²) in [6.45, 7) is 17.2. The predicted octanol–water partition coefficient (Wildman–Crippen LogP) is 4.53. The third-order valence-corrected chi connectivity index (χ3v) is 14.0. The minimum absolute atomic E-state index is 0.0846. The molecule has 5 unspecified atom stereocenters. The number of aliphatic hydroxyl groups is 2. The van der Waals surface area contributed by atoms with E-state index >= 15 is 0 Å². The van der Waals surface area contributed by atoms with E-state index in [1.54, 1.807) is 39.4 Å². The van der Waals surface area contributed by atoms with Crippen LogP contribution in [0.25, 0.3) is 0 Å². The average molecular weight is 685 g/mol. The lowest BCUT2D eigenvalue weighted by Crippen LogP contribution is -2.78. The molecule has 3 saturated carbocycles. The summed E-state index contributed by atoms with van der Waals surface area (Å²) in [5.74, 6) is -3.92. The Kier molecular flexibility index (Phi) is 8.60. The summed E-state index contributed by atoms with van der Waals surface area (Å²) in [6.07, 6.45) is 1.72. The second-order valence-corrected chi connectivity index (χ2v) is 16.8. The fraction of sp³-hybridized carbons (Fsp3) is 0.737. The SMILES string of the molecule is CCC(C)C(O)C(=O)O[C@H]1[C@H](OC=O)C2[C@@]3(C)C=CC(=O)C(C)(C)C3C[C@@H](OC(=O)C(O)C(C)C)[C@@]2(C)[C@@]23O[C@@H]2C[C@@H](c2ccoc2)[C@]13C. The smallest absolute Gasteiger partial charge is 0.335 e. The van der Waals surface area contributed by atoms with Crippen molar-refractivity contribution in [2.45, 2.75) is 130 Å². The molecule has 11 heteroatoms. The molecular formula is C38H52O11. The average Bonchev–Trinajstić information content (AvgIpc) is 3.41. The molecule has 270 valence electrons. The second kappa shape index (κ2) is 11.8. The van der Waals surface area contributed by atoms with Crippen molar-refractivity contribution in [3.05, 3.63) is 36.3 Å². The van der Waals surface area contributed by atoms with E-state index in [1.807, 2.05) is 53.7 Å². The maximum Gasteiger partial charge on any atom is 0.335 e. The summed E-state index contributed by atoms with van der Waals surface area (Å²) in [5, 5.41) is 22.0. The van der Waals surface area contributed by atoms with E-state index in [0.717, 1.165) is 5.56 Å². The van der Waals surface area contributed by atoms with Gasteiger partial charge in [-0.1, -0.05) is 74.8 Å². The minimum atomic E-state index is -1.42. The van der Waals surface area contributed by atoms with Gasteiger partial charge in [0, 0.05) is 28.1 Å². The van der Waals surface area contributed by atoms with E-state index < -0.39 is 93.4 Å². The Morgan fingerprint density at radius 3 is 2.29 bits per heavy atom. The lowest BCUT2D eigenvalue weighted by Gasteiger charge is -2.70. The van der Waals surface area contributed by atoms with Crippen LogP contribution in [0.5, 0.6) is 0 Å². The fourth-order valence-corrected chi connectivity index (χ4v) is 11.1. The Balaban J connectivity index is 1.61. The maximum absolute atomic E-state index is 13.9. The van der Waals surface area contributed by atoms with Crippen LogP contribution in [0, 0.1) is 45.3 Å². The molecule has 0 amide bonds. The van der Waals surface area contributed by atoms with E-state index in [2.05, 4.69) is 0 Å². The third kappa shape index (κ3) is 4.63. The summed E-state index contributed by atoms with van der Waals surface area (Å²) < 4.78 is 31.3. The molecule has 14 atom stereocenters. The van der Waals surface area contributed by atoms with Crippen LogP contribution in [0.15, 0.2) is 35.2 Å². The number of allylic oxidation sites excluding steroid dienone is 2. The van der Waals surface area contributed by atoms with Crippen LogP contribution in [-0.2, 0) is 38.1 Å². The van der Waals surface area contributed by atoms with Crippen LogP contribution in [0.3, 0.4) is 0 Å². The number of esters is 2. The third-order valence-electron chi connectivity index (χ3n) is 14.0. The number of carbonyl (C=O) groups is 4. The topological polar surface area (TPSA) is 162 Å². The van der Waals surface area contributed by atoms with Gasteiger partial charge < -0.3 is 33.6 Å². The number of epoxide rings is 1. The highest BCUT2D eigenvalue weighted by molar-refractivity contribution is 5.95. The summed E-state index contributed by atoms with van der Waals surface area (Å²) >= 11 is 0. The molecule has 1 aliphatic heterocycles. The number of carbonyl (C=O) groups excluding carboxylic acids is 4. The molecule has 1 saturated heterocycles. The molecule has 0 radical (unpaired) electrons. The fourth-order valence-electron chi connectivity index (χ4n) is 11.1. The lowest BCUT2D eigenvalue weighted by atomic mass is 9.35. The Morgan fingerprint density at radius 1 is 1.02 bits per heavy atom. The van der Waals surface area contributed by atoms with Gasteiger partial charge in [-0.05, 0) is 53.7 Å². The van der Waals surface area contributed by atoms with Crippen molar-refractivity contribution in [3.63, 3.8) is 0 Å². The van der Waals surface area contributed by atoms with Crippen molar-refractivity contribution in [1.82, 2.24) is 0 Å². The van der Waals surface area contributed by atoms with Gasteiger partial charge in [-0.2, -0.15) is 0 Å². The van der Waals surface area contributed by atoms with Gasteiger partial charge in [-0.25, -0.2) is 9.59 Å². The highest BCUT2D eigenvalue weighted by Crippen LogP contribution is 2.83. The molecule has 5 aliphatic rings. The first-order valence-electron chi connectivity index (χ1n) is 17.7. The summed E-state index contributed by atoms with van der Waals surface area (Å²) in [5.41, 5.74) is -4.16. The van der Waals surface area contributed by atoms with Crippen LogP contribution in [0.4, 0.5) is 0 Å². The van der Waals surface area contributed by atoms with Gasteiger partial charge in [0.05, 0.1) is 18.6 Å². The first kappa shape index (κ1) is 35.8. The Hall–Kier alpha value is -3.02. The second-order valence-electron chi connectivity index (χ2n) is 16.8. The molecular weight excluding hydrogens is 632 g/mol.